The van der Waals surface area contributed by atoms with Crippen LogP contribution >= 0.6 is 0 Å². The van der Waals surface area contributed by atoms with E-state index < -0.39 is 5.41 Å². The summed E-state index contributed by atoms with van der Waals surface area (Å²) >= 11 is 0. The molecule has 0 aliphatic heterocycles. The zero-order valence-electron chi connectivity index (χ0n) is 13.8. The third kappa shape index (κ3) is 2.85. The molecule has 24 heavy (non-hydrogen) atoms. The number of carbonyl (C=O) groups is 1. The van der Waals surface area contributed by atoms with Gasteiger partial charge in [0.2, 0.25) is 0 Å². The SMILES string of the molecule is Cn1cc(-c2ccncc2)c(C(=O)C(C)(C)c2ccc(F)cc2)n1. The third-order valence-electron chi connectivity index (χ3n) is 4.17. The molecule has 0 unspecified atom stereocenters. The molecule has 0 radical (unpaired) electrons. The van der Waals surface area contributed by atoms with Crippen molar-refractivity contribution in [1.82, 2.24) is 14.8 Å². The van der Waals surface area contributed by atoms with Gasteiger partial charge in [-0.1, -0.05) is 12.1 Å². The van der Waals surface area contributed by atoms with E-state index in [0.29, 0.717) is 5.69 Å². The van der Waals surface area contributed by atoms with Crippen LogP contribution in [0, 0.1) is 5.82 Å². The summed E-state index contributed by atoms with van der Waals surface area (Å²) in [6.45, 7) is 3.65. The molecule has 122 valence electrons. The van der Waals surface area contributed by atoms with E-state index in [1.807, 2.05) is 32.2 Å². The average Bonchev–Trinajstić information content (AvgIpc) is 2.97. The molecule has 0 aliphatic carbocycles. The molecule has 5 heteroatoms. The fourth-order valence-electron chi connectivity index (χ4n) is 2.69. The lowest BCUT2D eigenvalue weighted by Gasteiger charge is -2.23. The monoisotopic (exact) mass is 323 g/mol. The number of carbonyl (C=O) groups excluding carboxylic acids is 1. The standard InChI is InChI=1S/C19H18FN3O/c1-19(2,14-4-6-15(20)7-5-14)18(24)17-16(12-23(3)22-17)13-8-10-21-11-9-13/h4-12H,1-3H3. The van der Waals surface area contributed by atoms with Gasteiger partial charge in [-0.2, -0.15) is 5.10 Å². The zero-order chi connectivity index (χ0) is 17.3. The molecule has 0 fully saturated rings. The maximum atomic E-state index is 13.2. The van der Waals surface area contributed by atoms with E-state index in [0.717, 1.165) is 16.7 Å². The van der Waals surface area contributed by atoms with Gasteiger partial charge in [0.15, 0.2) is 5.78 Å². The molecule has 1 aromatic carbocycles. The summed E-state index contributed by atoms with van der Waals surface area (Å²) in [5.74, 6) is -0.432. The number of pyridine rings is 1. The molecule has 2 aromatic heterocycles. The van der Waals surface area contributed by atoms with E-state index in [9.17, 15) is 9.18 Å². The summed E-state index contributed by atoms with van der Waals surface area (Å²) in [7, 11) is 1.78. The molecular weight excluding hydrogens is 305 g/mol. The van der Waals surface area contributed by atoms with Crippen molar-refractivity contribution in [3.63, 3.8) is 0 Å². The second-order valence-corrected chi connectivity index (χ2v) is 6.26. The quantitative estimate of drug-likeness (QED) is 0.687. The Morgan fingerprint density at radius 3 is 2.33 bits per heavy atom. The Balaban J connectivity index is 2.06. The van der Waals surface area contributed by atoms with Gasteiger partial charge >= 0.3 is 0 Å². The fraction of sp³-hybridized carbons (Fsp3) is 0.211. The van der Waals surface area contributed by atoms with Crippen molar-refractivity contribution in [2.45, 2.75) is 19.3 Å². The number of halogens is 1. The number of hydrogen-bond donors (Lipinski definition) is 0. The predicted molar refractivity (Wildman–Crippen MR) is 90.2 cm³/mol. The number of nitrogens with zero attached hydrogens (tertiary/aromatic N) is 3. The molecule has 2 heterocycles. The fourth-order valence-corrected chi connectivity index (χ4v) is 2.69. The van der Waals surface area contributed by atoms with Crippen molar-refractivity contribution >= 4 is 5.78 Å². The lowest BCUT2D eigenvalue weighted by Crippen LogP contribution is -2.30. The summed E-state index contributed by atoms with van der Waals surface area (Å²) in [5.41, 5.74) is 1.99. The minimum absolute atomic E-state index is 0.110. The first kappa shape index (κ1) is 16.1. The normalized spacial score (nSPS) is 11.5. The number of benzene rings is 1. The Morgan fingerprint density at radius 2 is 1.71 bits per heavy atom. The molecule has 4 nitrogen and oxygen atoms in total. The van der Waals surface area contributed by atoms with Gasteiger partial charge in [0.1, 0.15) is 11.5 Å². The predicted octanol–water partition coefficient (Wildman–Crippen LogP) is 3.78. The number of Topliss-reactive ketones (excluding diaryl/α,β-unsaturated/α-hetero) is 1. The van der Waals surface area contributed by atoms with Crippen LogP contribution < -0.4 is 0 Å². The van der Waals surface area contributed by atoms with Crippen LogP contribution in [0.25, 0.3) is 11.1 Å². The molecular formula is C19H18FN3O. The molecule has 0 N–H and O–H groups in total. The van der Waals surface area contributed by atoms with Crippen LogP contribution in [-0.4, -0.2) is 20.5 Å². The van der Waals surface area contributed by atoms with Crippen LogP contribution in [0.1, 0.15) is 29.9 Å². The molecule has 0 bridgehead atoms. The first-order valence-electron chi connectivity index (χ1n) is 7.64. The largest absolute Gasteiger partial charge is 0.291 e. The molecule has 3 aromatic rings. The van der Waals surface area contributed by atoms with Crippen LogP contribution in [0.4, 0.5) is 4.39 Å². The molecule has 0 atom stereocenters. The number of hydrogen-bond acceptors (Lipinski definition) is 3. The highest BCUT2D eigenvalue weighted by atomic mass is 19.1. The molecule has 0 amide bonds. The van der Waals surface area contributed by atoms with E-state index in [-0.39, 0.29) is 11.6 Å². The van der Waals surface area contributed by atoms with Gasteiger partial charge in [-0.3, -0.25) is 14.5 Å². The second-order valence-electron chi connectivity index (χ2n) is 6.26. The lowest BCUT2D eigenvalue weighted by molar-refractivity contribution is 0.0903. The topological polar surface area (TPSA) is 47.8 Å². The number of aryl methyl sites for hydroxylation is 1. The van der Waals surface area contributed by atoms with Crippen molar-refractivity contribution in [2.24, 2.45) is 7.05 Å². The van der Waals surface area contributed by atoms with E-state index in [1.165, 1.54) is 12.1 Å². The maximum absolute atomic E-state index is 13.2. The van der Waals surface area contributed by atoms with Crippen molar-refractivity contribution in [2.75, 3.05) is 0 Å². The van der Waals surface area contributed by atoms with Crippen LogP contribution in [0.2, 0.25) is 0 Å². The first-order valence-corrected chi connectivity index (χ1v) is 7.64. The molecule has 0 spiro atoms. The summed E-state index contributed by atoms with van der Waals surface area (Å²) in [5, 5.41) is 4.37. The van der Waals surface area contributed by atoms with Gasteiger partial charge < -0.3 is 0 Å². The van der Waals surface area contributed by atoms with Gasteiger partial charge in [0, 0.05) is 31.2 Å². The van der Waals surface area contributed by atoms with Crippen LogP contribution in [0.3, 0.4) is 0 Å². The third-order valence-corrected chi connectivity index (χ3v) is 4.17. The molecule has 3 rings (SSSR count). The van der Waals surface area contributed by atoms with Crippen LogP contribution in [-0.2, 0) is 12.5 Å². The summed E-state index contributed by atoms with van der Waals surface area (Å²) < 4.78 is 14.8. The van der Waals surface area contributed by atoms with Gasteiger partial charge in [0.05, 0.1) is 5.41 Å². The number of aromatic nitrogens is 3. The van der Waals surface area contributed by atoms with E-state index >= 15 is 0 Å². The molecule has 0 aliphatic rings. The average molecular weight is 323 g/mol. The number of ketones is 1. The molecule has 0 saturated heterocycles. The minimum atomic E-state index is -0.816. The van der Waals surface area contributed by atoms with Gasteiger partial charge in [-0.15, -0.1) is 0 Å². The van der Waals surface area contributed by atoms with Crippen molar-refractivity contribution in [1.29, 1.82) is 0 Å². The highest BCUT2D eigenvalue weighted by Gasteiger charge is 2.34. The second kappa shape index (κ2) is 6.00. The highest BCUT2D eigenvalue weighted by molar-refractivity contribution is 6.06. The smallest absolute Gasteiger partial charge is 0.193 e. The molecule has 0 saturated carbocycles. The van der Waals surface area contributed by atoms with Crippen molar-refractivity contribution in [3.8, 4) is 11.1 Å². The summed E-state index contributed by atoms with van der Waals surface area (Å²) in [6.07, 6.45) is 5.19. The van der Waals surface area contributed by atoms with Gasteiger partial charge in [-0.05, 0) is 49.2 Å². The maximum Gasteiger partial charge on any atom is 0.193 e. The highest BCUT2D eigenvalue weighted by Crippen LogP contribution is 2.31. The van der Waals surface area contributed by atoms with Crippen LogP contribution in [0.5, 0.6) is 0 Å². The zero-order valence-corrected chi connectivity index (χ0v) is 13.8. The number of rotatable bonds is 4. The summed E-state index contributed by atoms with van der Waals surface area (Å²) in [4.78, 5) is 17.2. The van der Waals surface area contributed by atoms with Gasteiger partial charge in [0.25, 0.3) is 0 Å². The van der Waals surface area contributed by atoms with E-state index in [1.54, 1.807) is 36.3 Å². The van der Waals surface area contributed by atoms with Crippen LogP contribution in [0.15, 0.2) is 55.0 Å². The van der Waals surface area contributed by atoms with Crippen molar-refractivity contribution < 1.29 is 9.18 Å². The Morgan fingerprint density at radius 1 is 1.08 bits per heavy atom. The van der Waals surface area contributed by atoms with Gasteiger partial charge in [-0.25, -0.2) is 4.39 Å². The Hall–Kier alpha value is -2.82. The Kier molecular flexibility index (Phi) is 4.01. The minimum Gasteiger partial charge on any atom is -0.291 e. The first-order chi connectivity index (χ1) is 11.4. The lowest BCUT2D eigenvalue weighted by atomic mass is 9.78. The van der Waals surface area contributed by atoms with E-state index in [4.69, 9.17) is 0 Å². The van der Waals surface area contributed by atoms with Crippen molar-refractivity contribution in [3.05, 3.63) is 72.1 Å². The summed E-state index contributed by atoms with van der Waals surface area (Å²) in [6, 6.07) is 9.71. The Bertz CT molecular complexity index is 867. The Labute approximate surface area is 140 Å². The van der Waals surface area contributed by atoms with E-state index in [2.05, 4.69) is 10.1 Å².